The maximum Gasteiger partial charge on any atom is 0.323 e. The minimum absolute atomic E-state index is 0.0619. The fraction of sp³-hybridized carbons (Fsp3) is 0.350. The topological polar surface area (TPSA) is 41.6 Å². The largest absolute Gasteiger partial charge is 0.497 e. The number of methoxy groups -OCH3 is 1. The van der Waals surface area contributed by atoms with Gasteiger partial charge in [-0.3, -0.25) is 0 Å². The Hall–Kier alpha value is -2.14. The Labute approximate surface area is 153 Å². The molecule has 0 unspecified atom stereocenters. The lowest BCUT2D eigenvalue weighted by atomic mass is 10.0. The van der Waals surface area contributed by atoms with Crippen LogP contribution in [0.4, 0.5) is 10.5 Å². The van der Waals surface area contributed by atoms with Gasteiger partial charge in [0.05, 0.1) is 7.11 Å². The molecular weight excluding hydrogens is 332 g/mol. The van der Waals surface area contributed by atoms with E-state index in [4.69, 9.17) is 4.74 Å². The van der Waals surface area contributed by atoms with Crippen molar-refractivity contribution in [3.63, 3.8) is 0 Å². The number of carbonyl (C=O) groups excluding carboxylic acids is 1. The van der Waals surface area contributed by atoms with Gasteiger partial charge in [-0.15, -0.1) is 11.8 Å². The number of thioether (sulfide) groups is 1. The standard InChI is InChI=1S/C20H24N2O2S/c1-14(2)15-7-9-16(10-8-15)19-22(11-12-25-19)20(23)21-17-5-4-6-18(13-17)24-3/h4-10,13-14,19H,11-12H2,1-3H3,(H,21,23)/t19-/m0/s1. The van der Waals surface area contributed by atoms with E-state index in [1.807, 2.05) is 29.2 Å². The first-order valence-corrected chi connectivity index (χ1v) is 9.56. The first-order chi connectivity index (χ1) is 12.1. The number of ether oxygens (including phenoxy) is 1. The summed E-state index contributed by atoms with van der Waals surface area (Å²) in [5, 5.41) is 3.04. The number of anilines is 1. The van der Waals surface area contributed by atoms with E-state index in [0.29, 0.717) is 5.92 Å². The molecule has 2 aromatic rings. The molecule has 4 nitrogen and oxygen atoms in total. The zero-order valence-corrected chi connectivity index (χ0v) is 15.7. The summed E-state index contributed by atoms with van der Waals surface area (Å²) in [6.45, 7) is 5.12. The van der Waals surface area contributed by atoms with Crippen LogP contribution in [0.2, 0.25) is 0 Å². The van der Waals surface area contributed by atoms with E-state index in [-0.39, 0.29) is 11.4 Å². The highest BCUT2D eigenvalue weighted by Gasteiger charge is 2.30. The number of amides is 2. The Morgan fingerprint density at radius 3 is 2.68 bits per heavy atom. The lowest BCUT2D eigenvalue weighted by Gasteiger charge is -2.25. The summed E-state index contributed by atoms with van der Waals surface area (Å²) in [5.41, 5.74) is 3.24. The van der Waals surface area contributed by atoms with Crippen LogP contribution < -0.4 is 10.1 Å². The van der Waals surface area contributed by atoms with Gasteiger partial charge in [-0.2, -0.15) is 0 Å². The van der Waals surface area contributed by atoms with Crippen molar-refractivity contribution in [2.24, 2.45) is 0 Å². The van der Waals surface area contributed by atoms with Crippen molar-refractivity contribution in [1.29, 1.82) is 0 Å². The number of urea groups is 1. The normalized spacial score (nSPS) is 17.0. The molecule has 3 rings (SSSR count). The summed E-state index contributed by atoms with van der Waals surface area (Å²) in [5.74, 6) is 2.19. The van der Waals surface area contributed by atoms with E-state index >= 15 is 0 Å². The van der Waals surface area contributed by atoms with Crippen LogP contribution in [0.15, 0.2) is 48.5 Å². The predicted molar refractivity (Wildman–Crippen MR) is 104 cm³/mol. The molecule has 0 aromatic heterocycles. The van der Waals surface area contributed by atoms with E-state index in [1.54, 1.807) is 18.9 Å². The smallest absolute Gasteiger partial charge is 0.323 e. The van der Waals surface area contributed by atoms with Crippen LogP contribution in [0.5, 0.6) is 5.75 Å². The van der Waals surface area contributed by atoms with Gasteiger partial charge < -0.3 is 15.0 Å². The van der Waals surface area contributed by atoms with Gasteiger partial charge in [-0.1, -0.05) is 44.2 Å². The van der Waals surface area contributed by atoms with Gasteiger partial charge in [0.1, 0.15) is 11.1 Å². The lowest BCUT2D eigenvalue weighted by Crippen LogP contribution is -2.34. The van der Waals surface area contributed by atoms with Gasteiger partial charge in [0.25, 0.3) is 0 Å². The predicted octanol–water partition coefficient (Wildman–Crippen LogP) is 5.10. The van der Waals surface area contributed by atoms with Crippen LogP contribution in [-0.4, -0.2) is 30.3 Å². The molecule has 0 bridgehead atoms. The Kier molecular flexibility index (Phi) is 5.53. The van der Waals surface area contributed by atoms with E-state index in [9.17, 15) is 4.79 Å². The van der Waals surface area contributed by atoms with Crippen molar-refractivity contribution in [3.8, 4) is 5.75 Å². The summed E-state index contributed by atoms with van der Waals surface area (Å²) >= 11 is 1.80. The van der Waals surface area contributed by atoms with Crippen molar-refractivity contribution in [1.82, 2.24) is 4.90 Å². The molecule has 1 saturated heterocycles. The van der Waals surface area contributed by atoms with Gasteiger partial charge in [-0.25, -0.2) is 4.79 Å². The zero-order valence-electron chi connectivity index (χ0n) is 14.9. The summed E-state index contributed by atoms with van der Waals surface area (Å²) in [4.78, 5) is 14.6. The molecule has 1 aliphatic heterocycles. The molecular formula is C20H24N2O2S. The highest BCUT2D eigenvalue weighted by molar-refractivity contribution is 7.99. The molecule has 0 spiro atoms. The van der Waals surface area contributed by atoms with Crippen molar-refractivity contribution < 1.29 is 9.53 Å². The van der Waals surface area contributed by atoms with Gasteiger partial charge >= 0.3 is 6.03 Å². The second-order valence-corrected chi connectivity index (χ2v) is 7.59. The third kappa shape index (κ3) is 4.10. The van der Waals surface area contributed by atoms with Crippen LogP contribution in [0.3, 0.4) is 0 Å². The maximum absolute atomic E-state index is 12.7. The number of hydrogen-bond donors (Lipinski definition) is 1. The molecule has 1 heterocycles. The second-order valence-electron chi connectivity index (χ2n) is 6.40. The molecule has 0 aliphatic carbocycles. The van der Waals surface area contributed by atoms with E-state index in [1.165, 1.54) is 11.1 Å². The van der Waals surface area contributed by atoms with E-state index in [2.05, 4.69) is 43.4 Å². The number of carbonyl (C=O) groups is 1. The monoisotopic (exact) mass is 356 g/mol. The minimum Gasteiger partial charge on any atom is -0.497 e. The number of rotatable bonds is 4. The molecule has 1 fully saturated rings. The maximum atomic E-state index is 12.7. The molecule has 2 aromatic carbocycles. The summed E-state index contributed by atoms with van der Waals surface area (Å²) in [6, 6.07) is 16.0. The number of hydrogen-bond acceptors (Lipinski definition) is 3. The Bertz CT molecular complexity index is 731. The van der Waals surface area contributed by atoms with Crippen LogP contribution in [-0.2, 0) is 0 Å². The Balaban J connectivity index is 1.73. The molecule has 2 amide bonds. The zero-order chi connectivity index (χ0) is 17.8. The van der Waals surface area contributed by atoms with E-state index in [0.717, 1.165) is 23.7 Å². The van der Waals surface area contributed by atoms with Gasteiger partial charge in [0, 0.05) is 24.1 Å². The summed E-state index contributed by atoms with van der Waals surface area (Å²) < 4.78 is 5.21. The molecule has 1 aliphatic rings. The molecule has 132 valence electrons. The van der Waals surface area contributed by atoms with Crippen LogP contribution in [0, 0.1) is 0 Å². The molecule has 1 atom stereocenters. The number of nitrogens with one attached hydrogen (secondary N) is 1. The summed E-state index contributed by atoms with van der Waals surface area (Å²) in [7, 11) is 1.62. The highest BCUT2D eigenvalue weighted by atomic mass is 32.2. The van der Waals surface area contributed by atoms with E-state index < -0.39 is 0 Å². The van der Waals surface area contributed by atoms with Gasteiger partial charge in [0.2, 0.25) is 0 Å². The Morgan fingerprint density at radius 1 is 1.24 bits per heavy atom. The first kappa shape index (κ1) is 17.7. The van der Waals surface area contributed by atoms with Crippen molar-refractivity contribution >= 4 is 23.5 Å². The first-order valence-electron chi connectivity index (χ1n) is 8.51. The van der Waals surface area contributed by atoms with Crippen molar-refractivity contribution in [3.05, 3.63) is 59.7 Å². The van der Waals surface area contributed by atoms with Crippen LogP contribution in [0.25, 0.3) is 0 Å². The SMILES string of the molecule is COc1cccc(NC(=O)N2CCS[C@H]2c2ccc(C(C)C)cc2)c1. The number of benzene rings is 2. The molecule has 1 N–H and O–H groups in total. The molecule has 0 radical (unpaired) electrons. The minimum atomic E-state index is -0.0730. The lowest BCUT2D eigenvalue weighted by molar-refractivity contribution is 0.214. The van der Waals surface area contributed by atoms with Gasteiger partial charge in [0.15, 0.2) is 0 Å². The Morgan fingerprint density at radius 2 is 2.00 bits per heavy atom. The molecule has 0 saturated carbocycles. The quantitative estimate of drug-likeness (QED) is 0.829. The third-order valence-corrected chi connectivity index (χ3v) is 5.62. The average molecular weight is 356 g/mol. The second kappa shape index (κ2) is 7.83. The van der Waals surface area contributed by atoms with Crippen molar-refractivity contribution in [2.45, 2.75) is 25.1 Å². The fourth-order valence-electron chi connectivity index (χ4n) is 2.90. The van der Waals surface area contributed by atoms with Gasteiger partial charge in [-0.05, 0) is 29.2 Å². The highest BCUT2D eigenvalue weighted by Crippen LogP contribution is 2.38. The van der Waals surface area contributed by atoms with Crippen LogP contribution >= 0.6 is 11.8 Å². The molecule has 5 heteroatoms. The molecule has 25 heavy (non-hydrogen) atoms. The number of nitrogens with zero attached hydrogens (tertiary/aromatic N) is 1. The third-order valence-electron chi connectivity index (χ3n) is 4.36. The van der Waals surface area contributed by atoms with Crippen molar-refractivity contribution in [2.75, 3.05) is 24.7 Å². The van der Waals surface area contributed by atoms with Crippen LogP contribution in [0.1, 0.15) is 36.3 Å². The average Bonchev–Trinajstić information content (AvgIpc) is 3.12. The summed E-state index contributed by atoms with van der Waals surface area (Å²) in [6.07, 6.45) is 0. The fourth-order valence-corrected chi connectivity index (χ4v) is 4.15.